The number of aryl methyl sites for hydroxylation is 1. The van der Waals surface area contributed by atoms with Crippen molar-refractivity contribution in [1.29, 1.82) is 0 Å². The molecule has 0 heterocycles. The van der Waals surface area contributed by atoms with Crippen molar-refractivity contribution in [3.8, 4) is 0 Å². The molecule has 0 aromatic heterocycles. The molecule has 2 aromatic rings. The molecule has 2 rings (SSSR count). The highest BCUT2D eigenvalue weighted by Crippen LogP contribution is 2.26. The van der Waals surface area contributed by atoms with Gasteiger partial charge in [-0.05, 0) is 28.8 Å². The first kappa shape index (κ1) is 8.76. The minimum Gasteiger partial charge on any atom is -0.0613 e. The molecule has 0 radical (unpaired) electrons. The molecular weight excluding hydrogens is 224 g/mol. The van der Waals surface area contributed by atoms with Crippen LogP contribution in [-0.4, -0.2) is 0 Å². The summed E-state index contributed by atoms with van der Waals surface area (Å²) in [6, 6.07) is 12.8. The fraction of sp³-hybridized carbons (Fsp3) is 0.167. The number of fused-ring (bicyclic) bond motifs is 1. The molecule has 1 heteroatoms. The summed E-state index contributed by atoms with van der Waals surface area (Å²) in [5.74, 6) is 0. The molecule has 0 aliphatic heterocycles. The number of benzene rings is 2. The second-order valence-electron chi connectivity index (χ2n) is 3.11. The average molecular weight is 235 g/mol. The van der Waals surface area contributed by atoms with Crippen LogP contribution in [0.5, 0.6) is 0 Å². The van der Waals surface area contributed by atoms with Gasteiger partial charge >= 0.3 is 0 Å². The molecule has 0 aliphatic carbocycles. The maximum Gasteiger partial charge on any atom is 0.0253 e. The standard InChI is InChI=1S/C12H11Br/c1-2-9-5-3-7-11-10(9)6-4-8-12(11)13/h3-8H,2H2,1H3. The van der Waals surface area contributed by atoms with Gasteiger partial charge in [-0.3, -0.25) is 0 Å². The highest BCUT2D eigenvalue weighted by atomic mass is 79.9. The van der Waals surface area contributed by atoms with E-state index in [1.807, 2.05) is 0 Å². The zero-order valence-corrected chi connectivity index (χ0v) is 9.14. The molecule has 13 heavy (non-hydrogen) atoms. The van der Waals surface area contributed by atoms with Crippen molar-refractivity contribution >= 4 is 26.7 Å². The minimum absolute atomic E-state index is 1.09. The van der Waals surface area contributed by atoms with Gasteiger partial charge in [-0.15, -0.1) is 0 Å². The van der Waals surface area contributed by atoms with E-state index in [0.717, 1.165) is 6.42 Å². The van der Waals surface area contributed by atoms with Crippen LogP contribution in [0.25, 0.3) is 10.8 Å². The Morgan fingerprint density at radius 3 is 2.46 bits per heavy atom. The quantitative estimate of drug-likeness (QED) is 0.696. The SMILES string of the molecule is CCc1cccc2c(Br)cccc12. The molecule has 2 aromatic carbocycles. The number of hydrogen-bond donors (Lipinski definition) is 0. The van der Waals surface area contributed by atoms with E-state index in [0.29, 0.717) is 0 Å². The van der Waals surface area contributed by atoms with Crippen molar-refractivity contribution < 1.29 is 0 Å². The van der Waals surface area contributed by atoms with E-state index >= 15 is 0 Å². The minimum atomic E-state index is 1.09. The van der Waals surface area contributed by atoms with Crippen molar-refractivity contribution in [2.75, 3.05) is 0 Å². The highest BCUT2D eigenvalue weighted by Gasteiger charge is 2.00. The van der Waals surface area contributed by atoms with Crippen molar-refractivity contribution in [3.05, 3.63) is 46.4 Å². The molecule has 0 unspecified atom stereocenters. The Morgan fingerprint density at radius 1 is 1.00 bits per heavy atom. The maximum absolute atomic E-state index is 3.56. The molecule has 0 amide bonds. The predicted molar refractivity (Wildman–Crippen MR) is 61.0 cm³/mol. The summed E-state index contributed by atoms with van der Waals surface area (Å²) in [6.45, 7) is 2.19. The Labute approximate surface area is 86.7 Å². The third-order valence-electron chi connectivity index (χ3n) is 2.34. The van der Waals surface area contributed by atoms with E-state index in [1.165, 1.54) is 20.8 Å². The van der Waals surface area contributed by atoms with E-state index < -0.39 is 0 Å². The second kappa shape index (κ2) is 3.51. The lowest BCUT2D eigenvalue weighted by atomic mass is 10.0. The summed E-state index contributed by atoms with van der Waals surface area (Å²) in [7, 11) is 0. The Balaban J connectivity index is 2.84. The van der Waals surface area contributed by atoms with E-state index in [9.17, 15) is 0 Å². The molecular formula is C12H11Br. The molecule has 0 nitrogen and oxygen atoms in total. The van der Waals surface area contributed by atoms with Crippen molar-refractivity contribution in [3.63, 3.8) is 0 Å². The fourth-order valence-electron chi connectivity index (χ4n) is 1.65. The molecule has 66 valence electrons. The van der Waals surface area contributed by atoms with Crippen molar-refractivity contribution in [1.82, 2.24) is 0 Å². The second-order valence-corrected chi connectivity index (χ2v) is 3.96. The summed E-state index contributed by atoms with van der Waals surface area (Å²) in [4.78, 5) is 0. The normalized spacial score (nSPS) is 10.6. The van der Waals surface area contributed by atoms with Gasteiger partial charge in [0.1, 0.15) is 0 Å². The molecule has 0 saturated carbocycles. The van der Waals surface area contributed by atoms with Gasteiger partial charge in [0, 0.05) is 4.47 Å². The molecule has 0 aliphatic rings. The lowest BCUT2D eigenvalue weighted by molar-refractivity contribution is 1.16. The maximum atomic E-state index is 3.56. The Bertz CT molecular complexity index is 432. The van der Waals surface area contributed by atoms with Crippen LogP contribution in [0.3, 0.4) is 0 Å². The van der Waals surface area contributed by atoms with Gasteiger partial charge in [-0.1, -0.05) is 53.2 Å². The largest absolute Gasteiger partial charge is 0.0613 e. The molecule has 0 atom stereocenters. The van der Waals surface area contributed by atoms with Gasteiger partial charge in [0.05, 0.1) is 0 Å². The first-order valence-corrected chi connectivity index (χ1v) is 5.28. The Kier molecular flexibility index (Phi) is 2.36. The lowest BCUT2D eigenvalue weighted by Crippen LogP contribution is -1.83. The van der Waals surface area contributed by atoms with Crippen LogP contribution in [-0.2, 0) is 6.42 Å². The first-order chi connectivity index (χ1) is 6.33. The summed E-state index contributed by atoms with van der Waals surface area (Å²) in [6.07, 6.45) is 1.09. The monoisotopic (exact) mass is 234 g/mol. The number of hydrogen-bond acceptors (Lipinski definition) is 0. The van der Waals surface area contributed by atoms with Crippen molar-refractivity contribution in [2.24, 2.45) is 0 Å². The number of halogens is 1. The average Bonchev–Trinajstić information content (AvgIpc) is 2.18. The van der Waals surface area contributed by atoms with Gasteiger partial charge < -0.3 is 0 Å². The smallest absolute Gasteiger partial charge is 0.0253 e. The zero-order chi connectivity index (χ0) is 9.26. The van der Waals surface area contributed by atoms with E-state index in [-0.39, 0.29) is 0 Å². The van der Waals surface area contributed by atoms with Gasteiger partial charge in [-0.2, -0.15) is 0 Å². The van der Waals surface area contributed by atoms with Crippen LogP contribution >= 0.6 is 15.9 Å². The third-order valence-corrected chi connectivity index (χ3v) is 3.03. The van der Waals surface area contributed by atoms with E-state index in [4.69, 9.17) is 0 Å². The van der Waals surface area contributed by atoms with Crippen LogP contribution < -0.4 is 0 Å². The summed E-state index contributed by atoms with van der Waals surface area (Å²) < 4.78 is 1.18. The van der Waals surface area contributed by atoms with Crippen LogP contribution in [0.2, 0.25) is 0 Å². The van der Waals surface area contributed by atoms with Crippen molar-refractivity contribution in [2.45, 2.75) is 13.3 Å². The van der Waals surface area contributed by atoms with Gasteiger partial charge in [0.15, 0.2) is 0 Å². The Hall–Kier alpha value is -0.820. The molecule has 0 bridgehead atoms. The third kappa shape index (κ3) is 1.49. The van der Waals surface area contributed by atoms with Gasteiger partial charge in [0.2, 0.25) is 0 Å². The highest BCUT2D eigenvalue weighted by molar-refractivity contribution is 9.10. The van der Waals surface area contributed by atoms with E-state index in [2.05, 4.69) is 59.3 Å². The van der Waals surface area contributed by atoms with Crippen LogP contribution in [0.1, 0.15) is 12.5 Å². The summed E-state index contributed by atoms with van der Waals surface area (Å²) in [5, 5.41) is 2.67. The molecule has 0 saturated heterocycles. The number of rotatable bonds is 1. The fourth-order valence-corrected chi connectivity index (χ4v) is 2.14. The van der Waals surface area contributed by atoms with E-state index in [1.54, 1.807) is 0 Å². The molecule has 0 spiro atoms. The van der Waals surface area contributed by atoms with Crippen LogP contribution in [0.15, 0.2) is 40.9 Å². The zero-order valence-electron chi connectivity index (χ0n) is 7.55. The lowest BCUT2D eigenvalue weighted by Gasteiger charge is -2.04. The molecule has 0 N–H and O–H groups in total. The van der Waals surface area contributed by atoms with Crippen LogP contribution in [0.4, 0.5) is 0 Å². The first-order valence-electron chi connectivity index (χ1n) is 4.49. The summed E-state index contributed by atoms with van der Waals surface area (Å²) >= 11 is 3.56. The van der Waals surface area contributed by atoms with Crippen LogP contribution in [0, 0.1) is 0 Å². The topological polar surface area (TPSA) is 0 Å². The Morgan fingerprint density at radius 2 is 1.69 bits per heavy atom. The summed E-state index contributed by atoms with van der Waals surface area (Å²) in [5.41, 5.74) is 1.42. The predicted octanol–water partition coefficient (Wildman–Crippen LogP) is 4.16. The molecule has 0 fully saturated rings. The van der Waals surface area contributed by atoms with Gasteiger partial charge in [-0.25, -0.2) is 0 Å². The van der Waals surface area contributed by atoms with Gasteiger partial charge in [0.25, 0.3) is 0 Å².